The van der Waals surface area contributed by atoms with Gasteiger partial charge in [-0.1, -0.05) is 0 Å². The summed E-state index contributed by atoms with van der Waals surface area (Å²) >= 11 is 0. The fourth-order valence-corrected chi connectivity index (χ4v) is 1.28. The molecular weight excluding hydrogens is 292 g/mol. The summed E-state index contributed by atoms with van der Waals surface area (Å²) in [4.78, 5) is 3.84. The first-order valence-electron chi connectivity index (χ1n) is 6.08. The Bertz CT molecular complexity index is 391. The molecule has 0 fully saturated rings. The highest BCUT2D eigenvalue weighted by Gasteiger charge is 2.42. The van der Waals surface area contributed by atoms with Crippen molar-refractivity contribution in [2.24, 2.45) is 10.9 Å². The van der Waals surface area contributed by atoms with Crippen molar-refractivity contribution in [1.29, 1.82) is 0 Å². The summed E-state index contributed by atoms with van der Waals surface area (Å²) in [6, 6.07) is 0. The highest BCUT2D eigenvalue weighted by atomic mass is 19.4. The lowest BCUT2D eigenvalue weighted by molar-refractivity contribution is -0.174. The molecule has 0 aromatic rings. The van der Waals surface area contributed by atoms with Gasteiger partial charge in [-0.15, -0.1) is 0 Å². The molecule has 2 unspecified atom stereocenters. The summed E-state index contributed by atoms with van der Waals surface area (Å²) in [5.74, 6) is -2.57. The van der Waals surface area contributed by atoms with Crippen LogP contribution in [0, 0.1) is 5.92 Å². The molecule has 21 heavy (non-hydrogen) atoms. The zero-order valence-corrected chi connectivity index (χ0v) is 12.3. The van der Waals surface area contributed by atoms with Gasteiger partial charge in [-0.05, 0) is 26.0 Å². The Kier molecular flexibility index (Phi) is 8.63. The van der Waals surface area contributed by atoms with Gasteiger partial charge in [0, 0.05) is 19.0 Å². The van der Waals surface area contributed by atoms with E-state index in [-0.39, 0.29) is 5.88 Å². The predicted molar refractivity (Wildman–Crippen MR) is 72.8 cm³/mol. The van der Waals surface area contributed by atoms with Gasteiger partial charge in [0.1, 0.15) is 12.1 Å². The molecule has 0 heterocycles. The molecule has 2 atom stereocenters. The largest absolute Gasteiger partial charge is 0.481 e. The molecule has 0 spiro atoms. The molecule has 0 bridgehead atoms. The van der Waals surface area contributed by atoms with Crippen molar-refractivity contribution < 1.29 is 22.3 Å². The van der Waals surface area contributed by atoms with Gasteiger partial charge in [0.15, 0.2) is 0 Å². The minimum Gasteiger partial charge on any atom is -0.481 e. The van der Waals surface area contributed by atoms with E-state index in [1.807, 2.05) is 0 Å². The van der Waals surface area contributed by atoms with Crippen molar-refractivity contribution in [2.75, 3.05) is 14.2 Å². The number of alkyl halides is 4. The minimum atomic E-state index is -4.70. The first-order valence-corrected chi connectivity index (χ1v) is 6.08. The molecule has 9 heteroatoms. The fraction of sp³-hybridized carbons (Fsp3) is 0.583. The van der Waals surface area contributed by atoms with E-state index in [9.17, 15) is 17.6 Å². The number of aliphatic imine (C=N–C) groups is 1. The molecule has 0 aliphatic heterocycles. The van der Waals surface area contributed by atoms with Gasteiger partial charge in [-0.3, -0.25) is 0 Å². The Hall–Kier alpha value is -1.61. The maximum atomic E-state index is 13.1. The summed E-state index contributed by atoms with van der Waals surface area (Å²) in [5.41, 5.74) is 8.14. The van der Waals surface area contributed by atoms with Gasteiger partial charge in [-0.25, -0.2) is 14.8 Å². The van der Waals surface area contributed by atoms with Crippen LogP contribution in [0.5, 0.6) is 0 Å². The number of ether oxygens (including phenoxy) is 1. The lowest BCUT2D eigenvalue weighted by Gasteiger charge is -2.18. The molecular formula is C12H20F4N4O. The van der Waals surface area contributed by atoms with Gasteiger partial charge in [0.2, 0.25) is 5.88 Å². The highest BCUT2D eigenvalue weighted by Crippen LogP contribution is 2.32. The van der Waals surface area contributed by atoms with Gasteiger partial charge in [0.25, 0.3) is 0 Å². The molecule has 0 amide bonds. The summed E-state index contributed by atoms with van der Waals surface area (Å²) < 4.78 is 55.8. The standard InChI is InChI=1S/C12H20F4N4O/c1-8(5-6-18-20-17-3)19-11(21-4)7-10(9(2)13)12(14,15)16/h5-7,9-10,17-18,20H,1-4H3/b6-5+,11-7+,19-8+. The molecule has 0 aliphatic carbocycles. The smallest absolute Gasteiger partial charge is 0.398 e. The predicted octanol–water partition coefficient (Wildman–Crippen LogP) is 2.21. The Morgan fingerprint density at radius 1 is 1.33 bits per heavy atom. The van der Waals surface area contributed by atoms with Crippen LogP contribution in [0.3, 0.4) is 0 Å². The number of hydrazine groups is 2. The number of halogens is 4. The Morgan fingerprint density at radius 2 is 1.95 bits per heavy atom. The Balaban J connectivity index is 5.04. The zero-order valence-electron chi connectivity index (χ0n) is 12.3. The van der Waals surface area contributed by atoms with E-state index >= 15 is 0 Å². The van der Waals surface area contributed by atoms with Crippen molar-refractivity contribution in [1.82, 2.24) is 16.4 Å². The third-order valence-corrected chi connectivity index (χ3v) is 2.30. The summed E-state index contributed by atoms with van der Waals surface area (Å²) in [7, 11) is 2.81. The second kappa shape index (κ2) is 9.35. The molecule has 0 rings (SSSR count). The number of hydrogen-bond donors (Lipinski definition) is 3. The second-order valence-electron chi connectivity index (χ2n) is 4.06. The van der Waals surface area contributed by atoms with Crippen molar-refractivity contribution in [3.8, 4) is 0 Å². The number of allylic oxidation sites excluding steroid dienone is 2. The summed E-state index contributed by atoms with van der Waals surface area (Å²) in [6.45, 7) is 2.40. The van der Waals surface area contributed by atoms with Crippen LogP contribution >= 0.6 is 0 Å². The molecule has 0 aromatic heterocycles. The average Bonchev–Trinajstić information content (AvgIpc) is 2.37. The molecule has 0 aromatic carbocycles. The first-order chi connectivity index (χ1) is 9.72. The zero-order chi connectivity index (χ0) is 16.5. The molecule has 5 nitrogen and oxygen atoms in total. The van der Waals surface area contributed by atoms with Crippen LogP contribution < -0.4 is 16.4 Å². The van der Waals surface area contributed by atoms with Crippen LogP contribution in [-0.4, -0.2) is 32.2 Å². The van der Waals surface area contributed by atoms with Crippen molar-refractivity contribution in [3.05, 3.63) is 24.2 Å². The molecule has 122 valence electrons. The fourth-order valence-electron chi connectivity index (χ4n) is 1.28. The van der Waals surface area contributed by atoms with E-state index in [0.717, 1.165) is 6.92 Å². The topological polar surface area (TPSA) is 57.7 Å². The molecule has 3 N–H and O–H groups in total. The quantitative estimate of drug-likeness (QED) is 0.211. The van der Waals surface area contributed by atoms with Crippen LogP contribution in [-0.2, 0) is 4.74 Å². The second-order valence-corrected chi connectivity index (χ2v) is 4.06. The van der Waals surface area contributed by atoms with E-state index < -0.39 is 18.3 Å². The number of hydrogen-bond acceptors (Lipinski definition) is 5. The van der Waals surface area contributed by atoms with Crippen molar-refractivity contribution >= 4 is 5.71 Å². The lowest BCUT2D eigenvalue weighted by atomic mass is 10.0. The number of rotatable bonds is 8. The van der Waals surface area contributed by atoms with Crippen molar-refractivity contribution in [3.63, 3.8) is 0 Å². The minimum absolute atomic E-state index is 0.300. The average molecular weight is 312 g/mol. The summed E-state index contributed by atoms with van der Waals surface area (Å²) in [6.07, 6.45) is -3.19. The maximum Gasteiger partial charge on any atom is 0.398 e. The SMILES string of the molecule is CNNN/C=C/C(C)=N/C(=C\C(C(C)F)C(F)(F)F)OC. The van der Waals surface area contributed by atoms with E-state index in [1.165, 1.54) is 19.4 Å². The van der Waals surface area contributed by atoms with E-state index in [1.54, 1.807) is 14.0 Å². The van der Waals surface area contributed by atoms with Crippen LogP contribution in [0.15, 0.2) is 29.2 Å². The van der Waals surface area contributed by atoms with Gasteiger partial charge >= 0.3 is 6.18 Å². The number of methoxy groups -OCH3 is 1. The maximum absolute atomic E-state index is 13.1. The third-order valence-electron chi connectivity index (χ3n) is 2.30. The van der Waals surface area contributed by atoms with Crippen LogP contribution in [0.4, 0.5) is 17.6 Å². The molecule has 0 saturated carbocycles. The van der Waals surface area contributed by atoms with E-state index in [0.29, 0.717) is 11.8 Å². The van der Waals surface area contributed by atoms with E-state index in [2.05, 4.69) is 21.4 Å². The summed E-state index contributed by atoms with van der Waals surface area (Å²) in [5, 5.41) is 0. The monoisotopic (exact) mass is 312 g/mol. The normalized spacial score (nSPS) is 17.0. The molecule has 0 saturated heterocycles. The lowest BCUT2D eigenvalue weighted by Crippen LogP contribution is -2.37. The van der Waals surface area contributed by atoms with Gasteiger partial charge in [0.05, 0.1) is 7.11 Å². The van der Waals surface area contributed by atoms with Crippen LogP contribution in [0.1, 0.15) is 13.8 Å². The van der Waals surface area contributed by atoms with Gasteiger partial charge < -0.3 is 10.2 Å². The number of nitrogens with one attached hydrogen (secondary N) is 3. The molecule has 0 radical (unpaired) electrons. The van der Waals surface area contributed by atoms with Crippen LogP contribution in [0.2, 0.25) is 0 Å². The Morgan fingerprint density at radius 3 is 2.38 bits per heavy atom. The third kappa shape index (κ3) is 8.30. The first kappa shape index (κ1) is 19.4. The Labute approximate surface area is 121 Å². The van der Waals surface area contributed by atoms with Gasteiger partial charge in [-0.2, -0.15) is 18.7 Å². The van der Waals surface area contributed by atoms with Crippen LogP contribution in [0.25, 0.3) is 0 Å². The molecule has 0 aliphatic rings. The van der Waals surface area contributed by atoms with E-state index in [4.69, 9.17) is 4.74 Å². The van der Waals surface area contributed by atoms with Crippen molar-refractivity contribution in [2.45, 2.75) is 26.2 Å². The highest BCUT2D eigenvalue weighted by molar-refractivity contribution is 5.93. The number of nitrogens with zero attached hydrogens (tertiary/aromatic N) is 1.